The molecule has 82 valence electrons. The molecule has 0 amide bonds. The SMILES string of the molecule is C=C(Cl)CNC(=NC)NCC1CC1.I. The predicted molar refractivity (Wildman–Crippen MR) is 72.5 cm³/mol. The Hall–Kier alpha value is 0.0300. The largest absolute Gasteiger partial charge is 0.356 e. The minimum atomic E-state index is 0. The van der Waals surface area contributed by atoms with E-state index in [-0.39, 0.29) is 24.0 Å². The van der Waals surface area contributed by atoms with Crippen LogP contribution in [-0.2, 0) is 0 Å². The molecule has 5 heteroatoms. The van der Waals surface area contributed by atoms with Crippen molar-refractivity contribution in [1.29, 1.82) is 0 Å². The van der Waals surface area contributed by atoms with Crippen LogP contribution >= 0.6 is 35.6 Å². The van der Waals surface area contributed by atoms with Crippen LogP contribution in [0.5, 0.6) is 0 Å². The Balaban J connectivity index is 0.00000169. The molecule has 14 heavy (non-hydrogen) atoms. The molecule has 1 aliphatic carbocycles. The lowest BCUT2D eigenvalue weighted by atomic mass is 10.4. The summed E-state index contributed by atoms with van der Waals surface area (Å²) in [5.41, 5.74) is 0. The van der Waals surface area contributed by atoms with E-state index in [0.29, 0.717) is 11.6 Å². The fourth-order valence-electron chi connectivity index (χ4n) is 0.963. The molecule has 0 atom stereocenters. The van der Waals surface area contributed by atoms with E-state index in [4.69, 9.17) is 11.6 Å². The summed E-state index contributed by atoms with van der Waals surface area (Å²) in [5, 5.41) is 6.88. The monoisotopic (exact) mass is 329 g/mol. The van der Waals surface area contributed by atoms with Gasteiger partial charge in [-0.05, 0) is 18.8 Å². The molecule has 0 saturated heterocycles. The van der Waals surface area contributed by atoms with Crippen LogP contribution in [-0.4, -0.2) is 26.1 Å². The van der Waals surface area contributed by atoms with Crippen molar-refractivity contribution in [2.75, 3.05) is 20.1 Å². The van der Waals surface area contributed by atoms with E-state index in [1.54, 1.807) is 7.05 Å². The van der Waals surface area contributed by atoms with Gasteiger partial charge in [0, 0.05) is 18.6 Å². The van der Waals surface area contributed by atoms with Crippen LogP contribution in [0.25, 0.3) is 0 Å². The van der Waals surface area contributed by atoms with Crippen molar-refractivity contribution in [3.05, 3.63) is 11.6 Å². The van der Waals surface area contributed by atoms with E-state index in [1.807, 2.05) is 0 Å². The average Bonchev–Trinajstić information content (AvgIpc) is 2.88. The molecule has 0 spiro atoms. The maximum atomic E-state index is 5.61. The maximum absolute atomic E-state index is 5.61. The second-order valence-corrected chi connectivity index (χ2v) is 3.80. The van der Waals surface area contributed by atoms with Gasteiger partial charge in [-0.25, -0.2) is 0 Å². The summed E-state index contributed by atoms with van der Waals surface area (Å²) in [7, 11) is 1.75. The molecule has 0 heterocycles. The van der Waals surface area contributed by atoms with Crippen molar-refractivity contribution in [2.45, 2.75) is 12.8 Å². The third-order valence-electron chi connectivity index (χ3n) is 1.93. The van der Waals surface area contributed by atoms with Gasteiger partial charge in [-0.3, -0.25) is 4.99 Å². The van der Waals surface area contributed by atoms with Gasteiger partial charge >= 0.3 is 0 Å². The summed E-state index contributed by atoms with van der Waals surface area (Å²) in [6.45, 7) is 5.16. The van der Waals surface area contributed by atoms with Crippen molar-refractivity contribution >= 4 is 41.5 Å². The Bertz CT molecular complexity index is 214. The molecule has 0 aliphatic heterocycles. The van der Waals surface area contributed by atoms with Crippen LogP contribution in [0.15, 0.2) is 16.6 Å². The number of hydrogen-bond acceptors (Lipinski definition) is 1. The van der Waals surface area contributed by atoms with E-state index in [9.17, 15) is 0 Å². The number of guanidine groups is 1. The number of rotatable bonds is 4. The number of nitrogens with one attached hydrogen (secondary N) is 2. The quantitative estimate of drug-likeness (QED) is 0.470. The topological polar surface area (TPSA) is 36.4 Å². The molecule has 3 nitrogen and oxygen atoms in total. The molecule has 0 bridgehead atoms. The number of aliphatic imine (C=N–C) groups is 1. The van der Waals surface area contributed by atoms with Gasteiger partial charge in [0.05, 0.1) is 6.54 Å². The van der Waals surface area contributed by atoms with Crippen LogP contribution in [0.1, 0.15) is 12.8 Å². The molecular weight excluding hydrogens is 312 g/mol. The summed E-state index contributed by atoms with van der Waals surface area (Å²) in [5.74, 6) is 1.64. The molecule has 2 N–H and O–H groups in total. The minimum Gasteiger partial charge on any atom is -0.356 e. The Morgan fingerprint density at radius 3 is 2.57 bits per heavy atom. The molecule has 0 radical (unpaired) electrons. The second-order valence-electron chi connectivity index (χ2n) is 3.27. The normalized spacial score (nSPS) is 15.7. The van der Waals surface area contributed by atoms with Gasteiger partial charge in [0.15, 0.2) is 5.96 Å². The van der Waals surface area contributed by atoms with Crippen LogP contribution in [0, 0.1) is 5.92 Å². The first kappa shape index (κ1) is 14.0. The first-order chi connectivity index (χ1) is 6.22. The fourth-order valence-corrected chi connectivity index (χ4v) is 1.03. The minimum absolute atomic E-state index is 0. The van der Waals surface area contributed by atoms with Gasteiger partial charge in [0.2, 0.25) is 0 Å². The molecule has 1 fully saturated rings. The van der Waals surface area contributed by atoms with E-state index in [2.05, 4.69) is 22.2 Å². The Kier molecular flexibility index (Phi) is 7.35. The third kappa shape index (κ3) is 6.48. The zero-order valence-electron chi connectivity index (χ0n) is 8.35. The van der Waals surface area contributed by atoms with Crippen molar-refractivity contribution in [3.8, 4) is 0 Å². The molecule has 1 rings (SSSR count). The Morgan fingerprint density at radius 2 is 2.14 bits per heavy atom. The zero-order valence-corrected chi connectivity index (χ0v) is 11.4. The highest BCUT2D eigenvalue weighted by molar-refractivity contribution is 14.0. The van der Waals surface area contributed by atoms with Crippen LogP contribution in [0.4, 0.5) is 0 Å². The first-order valence-corrected chi connectivity index (χ1v) is 4.88. The average molecular weight is 330 g/mol. The number of hydrogen-bond donors (Lipinski definition) is 2. The van der Waals surface area contributed by atoms with E-state index >= 15 is 0 Å². The smallest absolute Gasteiger partial charge is 0.191 e. The summed E-state index contributed by atoms with van der Waals surface area (Å²) in [6, 6.07) is 0. The molecule has 1 aliphatic rings. The lowest BCUT2D eigenvalue weighted by Gasteiger charge is -2.10. The Labute approximate surface area is 107 Å². The van der Waals surface area contributed by atoms with E-state index in [0.717, 1.165) is 18.4 Å². The van der Waals surface area contributed by atoms with Gasteiger partial charge in [0.1, 0.15) is 0 Å². The number of nitrogens with zero attached hydrogens (tertiary/aromatic N) is 1. The second kappa shape index (κ2) is 7.34. The molecule has 0 unspecified atom stereocenters. The van der Waals surface area contributed by atoms with Crippen LogP contribution in [0.2, 0.25) is 0 Å². The maximum Gasteiger partial charge on any atom is 0.191 e. The zero-order chi connectivity index (χ0) is 9.68. The van der Waals surface area contributed by atoms with Crippen molar-refractivity contribution in [2.24, 2.45) is 10.9 Å². The molecular formula is C9H17ClIN3. The highest BCUT2D eigenvalue weighted by Crippen LogP contribution is 2.27. The lowest BCUT2D eigenvalue weighted by molar-refractivity contribution is 0.748. The van der Waals surface area contributed by atoms with E-state index < -0.39 is 0 Å². The third-order valence-corrected chi connectivity index (χ3v) is 2.06. The van der Waals surface area contributed by atoms with E-state index in [1.165, 1.54) is 12.8 Å². The lowest BCUT2D eigenvalue weighted by Crippen LogP contribution is -2.38. The predicted octanol–water partition coefficient (Wildman–Crippen LogP) is 1.93. The van der Waals surface area contributed by atoms with Crippen LogP contribution < -0.4 is 10.6 Å². The van der Waals surface area contributed by atoms with Crippen molar-refractivity contribution in [3.63, 3.8) is 0 Å². The number of halogens is 2. The summed E-state index contributed by atoms with van der Waals surface area (Å²) in [6.07, 6.45) is 2.68. The first-order valence-electron chi connectivity index (χ1n) is 4.50. The van der Waals surface area contributed by atoms with Gasteiger partial charge < -0.3 is 10.6 Å². The molecule has 0 aromatic rings. The highest BCUT2D eigenvalue weighted by Gasteiger charge is 2.20. The molecule has 0 aromatic carbocycles. The van der Waals surface area contributed by atoms with Crippen LogP contribution in [0.3, 0.4) is 0 Å². The van der Waals surface area contributed by atoms with Gasteiger partial charge in [0.25, 0.3) is 0 Å². The van der Waals surface area contributed by atoms with Crippen molar-refractivity contribution in [1.82, 2.24) is 10.6 Å². The van der Waals surface area contributed by atoms with Gasteiger partial charge in [-0.1, -0.05) is 18.2 Å². The summed E-state index contributed by atoms with van der Waals surface area (Å²) < 4.78 is 0. The highest BCUT2D eigenvalue weighted by atomic mass is 127. The van der Waals surface area contributed by atoms with Gasteiger partial charge in [-0.15, -0.1) is 24.0 Å². The molecule has 1 saturated carbocycles. The fraction of sp³-hybridized carbons (Fsp3) is 0.667. The molecule has 0 aromatic heterocycles. The summed E-state index contributed by atoms with van der Waals surface area (Å²) >= 11 is 5.61. The summed E-state index contributed by atoms with van der Waals surface area (Å²) in [4.78, 5) is 4.05. The van der Waals surface area contributed by atoms with Crippen molar-refractivity contribution < 1.29 is 0 Å². The Morgan fingerprint density at radius 1 is 1.50 bits per heavy atom. The van der Waals surface area contributed by atoms with Gasteiger partial charge in [-0.2, -0.15) is 0 Å². The standard InChI is InChI=1S/C9H16ClN3.HI/c1-7(10)5-12-9(11-2)13-6-8-3-4-8;/h8H,1,3-6H2,2H3,(H2,11,12,13);1H.